The van der Waals surface area contributed by atoms with Crippen molar-refractivity contribution in [1.82, 2.24) is 15.6 Å². The Kier molecular flexibility index (Phi) is 10.5. The Bertz CT molecular complexity index is 572. The summed E-state index contributed by atoms with van der Waals surface area (Å²) in [7, 11) is -0.695. The Morgan fingerprint density at radius 3 is 2.72 bits per heavy atom. The third-order valence-electron chi connectivity index (χ3n) is 4.41. The smallest absolute Gasteiger partial charge is 0.191 e. The van der Waals surface area contributed by atoms with E-state index < -0.39 is 10.8 Å². The lowest BCUT2D eigenvalue weighted by Gasteiger charge is -2.30. The molecule has 0 aromatic carbocycles. The van der Waals surface area contributed by atoms with Crippen molar-refractivity contribution >= 4 is 52.1 Å². The van der Waals surface area contributed by atoms with Crippen LogP contribution < -0.4 is 10.6 Å². The van der Waals surface area contributed by atoms with Gasteiger partial charge in [0.05, 0.1) is 12.2 Å². The normalized spacial score (nSPS) is 22.2. The number of aromatic nitrogens is 1. The molecule has 25 heavy (non-hydrogen) atoms. The van der Waals surface area contributed by atoms with Gasteiger partial charge < -0.3 is 10.6 Å². The molecule has 3 unspecified atom stereocenters. The number of rotatable bonds is 6. The van der Waals surface area contributed by atoms with Crippen molar-refractivity contribution in [2.75, 3.05) is 12.3 Å². The minimum atomic E-state index is -0.695. The fraction of sp³-hybridized carbons (Fsp3) is 0.765. The summed E-state index contributed by atoms with van der Waals surface area (Å²) in [5, 5.41) is 8.24. The van der Waals surface area contributed by atoms with Crippen molar-refractivity contribution in [3.05, 3.63) is 15.6 Å². The van der Waals surface area contributed by atoms with Gasteiger partial charge in [-0.3, -0.25) is 4.21 Å². The van der Waals surface area contributed by atoms with Crippen molar-refractivity contribution in [2.45, 2.75) is 71.2 Å². The van der Waals surface area contributed by atoms with E-state index in [9.17, 15) is 4.21 Å². The van der Waals surface area contributed by atoms with Crippen molar-refractivity contribution in [2.24, 2.45) is 4.99 Å². The van der Waals surface area contributed by atoms with Crippen LogP contribution in [0.4, 0.5) is 0 Å². The van der Waals surface area contributed by atoms with Gasteiger partial charge in [0.15, 0.2) is 5.96 Å². The molecule has 5 nitrogen and oxygen atoms in total. The summed E-state index contributed by atoms with van der Waals surface area (Å²) in [5.41, 5.74) is 1.10. The van der Waals surface area contributed by atoms with Gasteiger partial charge in [-0.25, -0.2) is 9.98 Å². The Morgan fingerprint density at radius 2 is 2.12 bits per heavy atom. The van der Waals surface area contributed by atoms with Gasteiger partial charge in [0.25, 0.3) is 0 Å². The molecule has 0 amide bonds. The van der Waals surface area contributed by atoms with E-state index in [1.165, 1.54) is 4.88 Å². The van der Waals surface area contributed by atoms with Crippen molar-refractivity contribution in [3.63, 3.8) is 0 Å². The third-order valence-corrected chi connectivity index (χ3v) is 7.21. The Hall–Kier alpha value is -0.220. The van der Waals surface area contributed by atoms with Gasteiger partial charge in [-0.1, -0.05) is 13.3 Å². The lowest BCUT2D eigenvalue weighted by Crippen LogP contribution is -2.46. The van der Waals surface area contributed by atoms with Crippen LogP contribution in [0.2, 0.25) is 0 Å². The minimum Gasteiger partial charge on any atom is -0.357 e. The quantitative estimate of drug-likeness (QED) is 0.358. The first-order valence-electron chi connectivity index (χ1n) is 8.88. The van der Waals surface area contributed by atoms with Gasteiger partial charge in [0, 0.05) is 39.3 Å². The maximum atomic E-state index is 12.1. The van der Waals surface area contributed by atoms with Crippen molar-refractivity contribution in [3.8, 4) is 0 Å². The molecule has 1 fully saturated rings. The molecule has 0 spiro atoms. The second kappa shape index (κ2) is 11.5. The fourth-order valence-electron chi connectivity index (χ4n) is 3.02. The van der Waals surface area contributed by atoms with Crippen LogP contribution in [0.25, 0.3) is 0 Å². The molecule has 1 saturated carbocycles. The first kappa shape index (κ1) is 22.8. The van der Waals surface area contributed by atoms with E-state index in [-0.39, 0.29) is 24.0 Å². The van der Waals surface area contributed by atoms with Gasteiger partial charge in [-0.2, -0.15) is 0 Å². The van der Waals surface area contributed by atoms with Gasteiger partial charge in [0.1, 0.15) is 5.01 Å². The molecule has 0 radical (unpaired) electrons. The number of aliphatic imine (C=N–C) groups is 1. The number of hydrogen-bond acceptors (Lipinski definition) is 4. The molecular formula is C17H31IN4OS2. The number of halogens is 1. The zero-order valence-corrected chi connectivity index (χ0v) is 19.6. The topological polar surface area (TPSA) is 66.4 Å². The van der Waals surface area contributed by atoms with Crippen LogP contribution in [0.3, 0.4) is 0 Å². The number of nitrogens with one attached hydrogen (secondary N) is 2. The number of guanidine groups is 1. The average molecular weight is 499 g/mol. The summed E-state index contributed by atoms with van der Waals surface area (Å²) in [6, 6.07) is 0.358. The summed E-state index contributed by atoms with van der Waals surface area (Å²) in [6.45, 7) is 9.66. The van der Waals surface area contributed by atoms with Crippen LogP contribution in [-0.2, 0) is 17.3 Å². The van der Waals surface area contributed by atoms with E-state index in [1.807, 2.05) is 13.8 Å². The van der Waals surface area contributed by atoms with Gasteiger partial charge >= 0.3 is 0 Å². The molecule has 8 heteroatoms. The molecule has 0 bridgehead atoms. The van der Waals surface area contributed by atoms with Crippen molar-refractivity contribution < 1.29 is 4.21 Å². The van der Waals surface area contributed by atoms with Crippen molar-refractivity contribution in [1.29, 1.82) is 0 Å². The summed E-state index contributed by atoms with van der Waals surface area (Å²) in [4.78, 5) is 10.5. The van der Waals surface area contributed by atoms with Gasteiger partial charge in [-0.15, -0.1) is 35.3 Å². The highest BCUT2D eigenvalue weighted by molar-refractivity contribution is 14.0. The molecule has 1 aliphatic carbocycles. The molecule has 1 aromatic rings. The maximum Gasteiger partial charge on any atom is 0.191 e. The molecule has 0 saturated heterocycles. The number of hydrogen-bond donors (Lipinski definition) is 2. The Morgan fingerprint density at radius 1 is 1.36 bits per heavy atom. The van der Waals surface area contributed by atoms with Crippen LogP contribution in [0.1, 0.15) is 55.1 Å². The van der Waals surface area contributed by atoms with Crippen LogP contribution in [0.5, 0.6) is 0 Å². The maximum absolute atomic E-state index is 12.1. The molecule has 0 aliphatic heterocycles. The highest BCUT2D eigenvalue weighted by Crippen LogP contribution is 2.23. The van der Waals surface area contributed by atoms with E-state index in [0.29, 0.717) is 17.8 Å². The molecule has 3 atom stereocenters. The van der Waals surface area contributed by atoms with E-state index in [4.69, 9.17) is 0 Å². The third kappa shape index (κ3) is 7.13. The van der Waals surface area contributed by atoms with Gasteiger partial charge in [0.2, 0.25) is 0 Å². The predicted octanol–water partition coefficient (Wildman–Crippen LogP) is 3.51. The van der Waals surface area contributed by atoms with Gasteiger partial charge in [-0.05, 0) is 40.0 Å². The Balaban J connectivity index is 0.00000312. The van der Waals surface area contributed by atoms with E-state index in [2.05, 4.69) is 34.5 Å². The number of thiazole rings is 1. The SMILES string of the molecule is CCNC(=NCc1nc(C)c(C)s1)NC1CCCC(S(=O)CC)C1.I. The standard InChI is InChI=1S/C17H30N4OS2.HI/c1-5-18-17(19-11-16-20-12(3)13(4)23-16)21-14-8-7-9-15(10-14)24(22)6-2;/h14-15H,5-11H2,1-4H3,(H2,18,19,21);1H. The summed E-state index contributed by atoms with van der Waals surface area (Å²) in [5.74, 6) is 1.60. The second-order valence-electron chi connectivity index (χ2n) is 6.24. The fourth-order valence-corrected chi connectivity index (χ4v) is 5.22. The highest BCUT2D eigenvalue weighted by atomic mass is 127. The zero-order valence-electron chi connectivity index (χ0n) is 15.6. The van der Waals surface area contributed by atoms with Crippen LogP contribution in [0, 0.1) is 13.8 Å². The molecule has 1 aromatic heterocycles. The van der Waals surface area contributed by atoms with Crippen LogP contribution in [0.15, 0.2) is 4.99 Å². The molecule has 1 heterocycles. The van der Waals surface area contributed by atoms with E-state index in [1.54, 1.807) is 11.3 Å². The Labute approximate surface area is 175 Å². The summed E-state index contributed by atoms with van der Waals surface area (Å²) >= 11 is 1.71. The first-order chi connectivity index (χ1) is 11.5. The van der Waals surface area contributed by atoms with E-state index >= 15 is 0 Å². The molecule has 2 N–H and O–H groups in total. The molecule has 2 rings (SSSR count). The first-order valence-corrected chi connectivity index (χ1v) is 11.1. The number of aryl methyl sites for hydroxylation is 2. The monoisotopic (exact) mass is 498 g/mol. The molecule has 144 valence electrons. The molecular weight excluding hydrogens is 467 g/mol. The van der Waals surface area contributed by atoms with Crippen LogP contribution >= 0.6 is 35.3 Å². The largest absolute Gasteiger partial charge is 0.357 e. The lowest BCUT2D eigenvalue weighted by molar-refractivity contribution is 0.413. The lowest BCUT2D eigenvalue weighted by atomic mass is 9.95. The predicted molar refractivity (Wildman–Crippen MR) is 120 cm³/mol. The van der Waals surface area contributed by atoms with E-state index in [0.717, 1.165) is 54.6 Å². The summed E-state index contributed by atoms with van der Waals surface area (Å²) < 4.78 is 12.1. The van der Waals surface area contributed by atoms with Crippen LogP contribution in [-0.4, -0.2) is 38.7 Å². The zero-order chi connectivity index (χ0) is 17.5. The minimum absolute atomic E-state index is 0. The highest BCUT2D eigenvalue weighted by Gasteiger charge is 2.26. The number of nitrogens with zero attached hydrogens (tertiary/aromatic N) is 2. The molecule has 1 aliphatic rings. The average Bonchev–Trinajstić information content (AvgIpc) is 2.90. The second-order valence-corrected chi connectivity index (χ2v) is 9.54. The summed E-state index contributed by atoms with van der Waals surface area (Å²) in [6.07, 6.45) is 4.32.